The van der Waals surface area contributed by atoms with Crippen LogP contribution in [-0.2, 0) is 11.3 Å². The highest BCUT2D eigenvalue weighted by Gasteiger charge is 2.17. The van der Waals surface area contributed by atoms with E-state index in [-0.39, 0.29) is 22.8 Å². The molecule has 0 bridgehead atoms. The van der Waals surface area contributed by atoms with Crippen molar-refractivity contribution in [3.8, 4) is 5.75 Å². The standard InChI is InChI=1S/C21H28FN3O3/c1-4-5-6-7-11-28-18-10-8-9-16(19(18)22)25-21(26)15-12-14(2)17(13-27-3)24-20(15)23/h8-10,12H,4-7,11,13H2,1-3H3,(H2,23,24)(H,25,26). The highest BCUT2D eigenvalue weighted by atomic mass is 19.1. The Hall–Kier alpha value is -2.67. The Labute approximate surface area is 165 Å². The number of unbranched alkanes of at least 4 members (excludes halogenated alkanes) is 3. The summed E-state index contributed by atoms with van der Waals surface area (Å²) in [6, 6.07) is 6.28. The second kappa shape index (κ2) is 10.6. The van der Waals surface area contributed by atoms with E-state index in [0.717, 1.165) is 31.2 Å². The van der Waals surface area contributed by atoms with Crippen LogP contribution in [0.1, 0.15) is 54.2 Å². The van der Waals surface area contributed by atoms with Gasteiger partial charge in [0.05, 0.1) is 30.2 Å². The molecule has 0 unspecified atom stereocenters. The van der Waals surface area contributed by atoms with Crippen LogP contribution in [0.4, 0.5) is 15.9 Å². The topological polar surface area (TPSA) is 86.5 Å². The first-order chi connectivity index (χ1) is 13.5. The second-order valence-corrected chi connectivity index (χ2v) is 6.60. The lowest BCUT2D eigenvalue weighted by molar-refractivity contribution is 0.102. The molecule has 2 rings (SSSR count). The summed E-state index contributed by atoms with van der Waals surface area (Å²) in [6.07, 6.45) is 4.15. The number of nitrogens with zero attached hydrogens (tertiary/aromatic N) is 1. The first-order valence-electron chi connectivity index (χ1n) is 9.45. The number of ether oxygens (including phenoxy) is 2. The number of aryl methyl sites for hydroxylation is 1. The summed E-state index contributed by atoms with van der Waals surface area (Å²) in [6.45, 7) is 4.67. The molecule has 0 aliphatic heterocycles. The first-order valence-corrected chi connectivity index (χ1v) is 9.45. The number of nitrogen functional groups attached to an aromatic ring is 1. The van der Waals surface area contributed by atoms with Gasteiger partial charge in [0.1, 0.15) is 5.82 Å². The van der Waals surface area contributed by atoms with Crippen molar-refractivity contribution in [2.45, 2.75) is 46.1 Å². The molecule has 0 saturated heterocycles. The quantitative estimate of drug-likeness (QED) is 0.586. The van der Waals surface area contributed by atoms with E-state index in [2.05, 4.69) is 17.2 Å². The normalized spacial score (nSPS) is 10.7. The Morgan fingerprint density at radius 1 is 1.29 bits per heavy atom. The smallest absolute Gasteiger partial charge is 0.259 e. The van der Waals surface area contributed by atoms with Crippen LogP contribution in [0.25, 0.3) is 0 Å². The molecule has 7 heteroatoms. The van der Waals surface area contributed by atoms with Crippen molar-refractivity contribution in [1.29, 1.82) is 0 Å². The van der Waals surface area contributed by atoms with Crippen LogP contribution in [0, 0.1) is 12.7 Å². The molecular weight excluding hydrogens is 361 g/mol. The molecule has 1 aromatic heterocycles. The average Bonchev–Trinajstić information content (AvgIpc) is 2.67. The summed E-state index contributed by atoms with van der Waals surface area (Å²) >= 11 is 0. The predicted molar refractivity (Wildman–Crippen MR) is 108 cm³/mol. The van der Waals surface area contributed by atoms with E-state index < -0.39 is 11.7 Å². The number of aromatic nitrogens is 1. The molecule has 1 heterocycles. The van der Waals surface area contributed by atoms with E-state index in [9.17, 15) is 9.18 Å². The van der Waals surface area contributed by atoms with E-state index >= 15 is 0 Å². The summed E-state index contributed by atoms with van der Waals surface area (Å²) in [7, 11) is 1.56. The maximum Gasteiger partial charge on any atom is 0.259 e. The zero-order valence-electron chi connectivity index (χ0n) is 16.7. The monoisotopic (exact) mass is 389 g/mol. The first kappa shape index (κ1) is 21.6. The minimum Gasteiger partial charge on any atom is -0.490 e. The number of nitrogens with one attached hydrogen (secondary N) is 1. The van der Waals surface area contributed by atoms with Gasteiger partial charge in [0.15, 0.2) is 11.6 Å². The lowest BCUT2D eigenvalue weighted by Crippen LogP contribution is -2.17. The average molecular weight is 389 g/mol. The number of hydrogen-bond acceptors (Lipinski definition) is 5. The summed E-state index contributed by atoms with van der Waals surface area (Å²) in [5, 5.41) is 2.55. The molecule has 0 atom stereocenters. The van der Waals surface area contributed by atoms with Crippen LogP contribution in [0.2, 0.25) is 0 Å². The molecule has 3 N–H and O–H groups in total. The molecule has 0 fully saturated rings. The van der Waals surface area contributed by atoms with Crippen LogP contribution in [-0.4, -0.2) is 24.6 Å². The molecule has 0 aliphatic rings. The van der Waals surface area contributed by atoms with Crippen molar-refractivity contribution >= 4 is 17.4 Å². The molecule has 0 saturated carbocycles. The van der Waals surface area contributed by atoms with Gasteiger partial charge in [0.2, 0.25) is 0 Å². The number of carbonyl (C=O) groups excluding carboxylic acids is 1. The lowest BCUT2D eigenvalue weighted by Gasteiger charge is -2.13. The molecular formula is C21H28FN3O3. The van der Waals surface area contributed by atoms with Crippen LogP contribution in [0.5, 0.6) is 5.75 Å². The Kier molecular flexibility index (Phi) is 8.19. The van der Waals surface area contributed by atoms with Crippen molar-refractivity contribution in [2.75, 3.05) is 24.8 Å². The Bertz CT molecular complexity index is 812. The third-order valence-corrected chi connectivity index (χ3v) is 4.34. The maximum atomic E-state index is 14.7. The number of hydrogen-bond donors (Lipinski definition) is 2. The largest absolute Gasteiger partial charge is 0.490 e. The zero-order chi connectivity index (χ0) is 20.5. The number of carbonyl (C=O) groups is 1. The molecule has 0 spiro atoms. The lowest BCUT2D eigenvalue weighted by atomic mass is 10.1. The number of nitrogens with two attached hydrogens (primary N) is 1. The number of anilines is 2. The van der Waals surface area contributed by atoms with Gasteiger partial charge in [0.25, 0.3) is 5.91 Å². The predicted octanol–water partition coefficient (Wildman–Crippen LogP) is 4.47. The Balaban J connectivity index is 2.10. The van der Waals surface area contributed by atoms with Crippen LogP contribution < -0.4 is 15.8 Å². The van der Waals surface area contributed by atoms with Gasteiger partial charge >= 0.3 is 0 Å². The Morgan fingerprint density at radius 2 is 2.07 bits per heavy atom. The van der Waals surface area contributed by atoms with Gasteiger partial charge in [-0.1, -0.05) is 32.3 Å². The van der Waals surface area contributed by atoms with Crippen molar-refractivity contribution in [3.05, 3.63) is 46.9 Å². The number of rotatable bonds is 10. The minimum absolute atomic E-state index is 0.0362. The molecule has 152 valence electrons. The zero-order valence-corrected chi connectivity index (χ0v) is 16.7. The van der Waals surface area contributed by atoms with Crippen LogP contribution in [0.15, 0.2) is 24.3 Å². The highest BCUT2D eigenvalue weighted by molar-refractivity contribution is 6.07. The van der Waals surface area contributed by atoms with Gasteiger partial charge in [-0.3, -0.25) is 4.79 Å². The number of amides is 1. The van der Waals surface area contributed by atoms with Crippen LogP contribution >= 0.6 is 0 Å². The minimum atomic E-state index is -0.606. The van der Waals surface area contributed by atoms with E-state index in [1.54, 1.807) is 25.3 Å². The maximum absolute atomic E-state index is 14.7. The highest BCUT2D eigenvalue weighted by Crippen LogP contribution is 2.26. The summed E-state index contributed by atoms with van der Waals surface area (Å²) in [5.74, 6) is -0.951. The van der Waals surface area contributed by atoms with E-state index in [1.807, 2.05) is 6.92 Å². The van der Waals surface area contributed by atoms with Crippen molar-refractivity contribution < 1.29 is 18.7 Å². The number of halogens is 1. The Morgan fingerprint density at radius 3 is 2.79 bits per heavy atom. The molecule has 1 amide bonds. The van der Waals surface area contributed by atoms with Crippen LogP contribution in [0.3, 0.4) is 0 Å². The van der Waals surface area contributed by atoms with Gasteiger partial charge in [-0.15, -0.1) is 0 Å². The second-order valence-electron chi connectivity index (χ2n) is 6.60. The molecule has 28 heavy (non-hydrogen) atoms. The fraction of sp³-hybridized carbons (Fsp3) is 0.429. The molecule has 6 nitrogen and oxygen atoms in total. The molecule has 1 aromatic carbocycles. The number of methoxy groups -OCH3 is 1. The van der Waals surface area contributed by atoms with E-state index in [0.29, 0.717) is 18.9 Å². The SMILES string of the molecule is CCCCCCOc1cccc(NC(=O)c2cc(C)c(COC)nc2N)c1F. The fourth-order valence-corrected chi connectivity index (χ4v) is 2.75. The van der Waals surface area contributed by atoms with Gasteiger partial charge in [-0.25, -0.2) is 9.37 Å². The van der Waals surface area contributed by atoms with Gasteiger partial charge in [0, 0.05) is 7.11 Å². The third kappa shape index (κ3) is 5.66. The number of pyridine rings is 1. The summed E-state index contributed by atoms with van der Waals surface area (Å²) < 4.78 is 25.2. The van der Waals surface area contributed by atoms with Gasteiger partial charge < -0.3 is 20.5 Å². The van der Waals surface area contributed by atoms with E-state index in [1.165, 1.54) is 6.07 Å². The van der Waals surface area contributed by atoms with Crippen molar-refractivity contribution in [3.63, 3.8) is 0 Å². The fourth-order valence-electron chi connectivity index (χ4n) is 2.75. The van der Waals surface area contributed by atoms with Gasteiger partial charge in [-0.05, 0) is 37.1 Å². The summed E-state index contributed by atoms with van der Waals surface area (Å²) in [4.78, 5) is 16.8. The van der Waals surface area contributed by atoms with E-state index in [4.69, 9.17) is 15.2 Å². The third-order valence-electron chi connectivity index (χ3n) is 4.34. The molecule has 2 aromatic rings. The van der Waals surface area contributed by atoms with Crippen molar-refractivity contribution in [1.82, 2.24) is 4.98 Å². The van der Waals surface area contributed by atoms with Gasteiger partial charge in [-0.2, -0.15) is 0 Å². The summed E-state index contributed by atoms with van der Waals surface area (Å²) in [5.41, 5.74) is 7.55. The molecule has 0 aliphatic carbocycles. The van der Waals surface area contributed by atoms with Crippen molar-refractivity contribution in [2.24, 2.45) is 0 Å². The number of benzene rings is 1. The molecule has 0 radical (unpaired) electrons.